The maximum absolute atomic E-state index is 14.4. The Morgan fingerprint density at radius 2 is 1.71 bits per heavy atom. The molecule has 0 aromatic heterocycles. The number of hydrogen-bond donors (Lipinski definition) is 1. The summed E-state index contributed by atoms with van der Waals surface area (Å²) in [6.07, 6.45) is 2.98. The Labute approximate surface area is 202 Å². The van der Waals surface area contributed by atoms with E-state index in [0.29, 0.717) is 13.0 Å². The largest absolute Gasteiger partial charge is 0.354 e. The number of aryl methyl sites for hydroxylation is 1. The van der Waals surface area contributed by atoms with Gasteiger partial charge in [0.1, 0.15) is 18.4 Å². The van der Waals surface area contributed by atoms with Crippen LogP contribution < -0.4 is 9.62 Å². The minimum absolute atomic E-state index is 0.119. The third-order valence-electron chi connectivity index (χ3n) is 5.49. The number of nitrogens with one attached hydrogen (secondary N) is 1. The van der Waals surface area contributed by atoms with Crippen LogP contribution in [-0.4, -0.2) is 50.5 Å². The molecule has 9 heteroatoms. The quantitative estimate of drug-likeness (QED) is 0.460. The molecule has 2 aromatic rings. The molecule has 34 heavy (non-hydrogen) atoms. The Morgan fingerprint density at radius 1 is 1.06 bits per heavy atom. The number of benzene rings is 2. The van der Waals surface area contributed by atoms with Gasteiger partial charge in [-0.1, -0.05) is 62.2 Å². The fourth-order valence-corrected chi connectivity index (χ4v) is 4.41. The van der Waals surface area contributed by atoms with E-state index in [1.165, 1.54) is 23.1 Å². The van der Waals surface area contributed by atoms with Crippen molar-refractivity contribution in [3.05, 3.63) is 65.5 Å². The average Bonchev–Trinajstić information content (AvgIpc) is 2.78. The molecule has 0 spiro atoms. The Kier molecular flexibility index (Phi) is 10.0. The smallest absolute Gasteiger partial charge is 0.244 e. The molecular formula is C25H34FN3O4S. The number of para-hydroxylation sites is 1. The van der Waals surface area contributed by atoms with Gasteiger partial charge in [0, 0.05) is 13.1 Å². The molecule has 0 heterocycles. The van der Waals surface area contributed by atoms with E-state index in [1.54, 1.807) is 6.92 Å². The highest BCUT2D eigenvalue weighted by Gasteiger charge is 2.32. The van der Waals surface area contributed by atoms with Gasteiger partial charge in [0.25, 0.3) is 0 Å². The van der Waals surface area contributed by atoms with E-state index in [-0.39, 0.29) is 18.1 Å². The zero-order valence-corrected chi connectivity index (χ0v) is 21.1. The van der Waals surface area contributed by atoms with Crippen LogP contribution in [0, 0.1) is 12.7 Å². The van der Waals surface area contributed by atoms with Gasteiger partial charge in [-0.3, -0.25) is 13.9 Å². The number of sulfonamides is 1. The molecule has 0 aliphatic carbocycles. The second-order valence-electron chi connectivity index (χ2n) is 8.30. The molecule has 0 fully saturated rings. The molecule has 2 aromatic carbocycles. The van der Waals surface area contributed by atoms with Crippen LogP contribution in [0.1, 0.15) is 44.2 Å². The van der Waals surface area contributed by atoms with Crippen molar-refractivity contribution in [2.75, 3.05) is 23.7 Å². The molecule has 0 radical (unpaired) electrons. The normalized spacial score (nSPS) is 12.1. The van der Waals surface area contributed by atoms with Crippen LogP contribution in [0.4, 0.5) is 10.1 Å². The van der Waals surface area contributed by atoms with Gasteiger partial charge < -0.3 is 10.2 Å². The SMILES string of the molecule is CCCCNC(=O)C(CC)N(Cc1ccc(C)cc1)C(=O)CN(c1ccccc1F)S(C)(=O)=O. The summed E-state index contributed by atoms with van der Waals surface area (Å²) in [5, 5.41) is 2.86. The van der Waals surface area contributed by atoms with Gasteiger partial charge in [0.2, 0.25) is 21.8 Å². The van der Waals surface area contributed by atoms with Crippen molar-refractivity contribution in [3.8, 4) is 0 Å². The van der Waals surface area contributed by atoms with E-state index < -0.39 is 34.3 Å². The number of carbonyl (C=O) groups excluding carboxylic acids is 2. The highest BCUT2D eigenvalue weighted by molar-refractivity contribution is 7.92. The summed E-state index contributed by atoms with van der Waals surface area (Å²) in [7, 11) is -3.97. The fourth-order valence-electron chi connectivity index (χ4n) is 3.56. The van der Waals surface area contributed by atoms with Crippen LogP contribution in [-0.2, 0) is 26.2 Å². The predicted molar refractivity (Wildman–Crippen MR) is 132 cm³/mol. The van der Waals surface area contributed by atoms with Crippen molar-refractivity contribution in [3.63, 3.8) is 0 Å². The summed E-state index contributed by atoms with van der Waals surface area (Å²) in [5.41, 5.74) is 1.64. The molecule has 7 nitrogen and oxygen atoms in total. The van der Waals surface area contributed by atoms with Crippen molar-refractivity contribution in [2.45, 2.75) is 52.6 Å². The molecule has 1 atom stereocenters. The number of hydrogen-bond acceptors (Lipinski definition) is 4. The van der Waals surface area contributed by atoms with Gasteiger partial charge in [0.15, 0.2) is 0 Å². The van der Waals surface area contributed by atoms with E-state index in [2.05, 4.69) is 5.32 Å². The predicted octanol–water partition coefficient (Wildman–Crippen LogP) is 3.62. The Balaban J connectivity index is 2.40. The van der Waals surface area contributed by atoms with Crippen LogP contribution in [0.25, 0.3) is 0 Å². The van der Waals surface area contributed by atoms with Crippen LogP contribution in [0.3, 0.4) is 0 Å². The molecule has 0 saturated carbocycles. The molecule has 2 rings (SSSR count). The van der Waals surface area contributed by atoms with E-state index in [0.717, 1.165) is 40.6 Å². The molecule has 2 amide bonds. The molecule has 186 valence electrons. The van der Waals surface area contributed by atoms with Crippen molar-refractivity contribution >= 4 is 27.5 Å². The van der Waals surface area contributed by atoms with E-state index >= 15 is 0 Å². The maximum Gasteiger partial charge on any atom is 0.244 e. The summed E-state index contributed by atoms with van der Waals surface area (Å²) >= 11 is 0. The lowest BCUT2D eigenvalue weighted by atomic mass is 10.1. The third kappa shape index (κ3) is 7.55. The number of amides is 2. The second kappa shape index (κ2) is 12.5. The van der Waals surface area contributed by atoms with Gasteiger partial charge in [-0.05, 0) is 37.5 Å². The number of halogens is 1. The monoisotopic (exact) mass is 491 g/mol. The van der Waals surface area contributed by atoms with Crippen molar-refractivity contribution in [2.24, 2.45) is 0 Å². The van der Waals surface area contributed by atoms with Gasteiger partial charge in [-0.2, -0.15) is 0 Å². The van der Waals surface area contributed by atoms with Crippen molar-refractivity contribution in [1.29, 1.82) is 0 Å². The highest BCUT2D eigenvalue weighted by atomic mass is 32.2. The number of rotatable bonds is 12. The first-order valence-corrected chi connectivity index (χ1v) is 13.3. The van der Waals surface area contributed by atoms with Crippen LogP contribution in [0.15, 0.2) is 48.5 Å². The molecule has 1 N–H and O–H groups in total. The Morgan fingerprint density at radius 3 is 2.26 bits per heavy atom. The Hall–Kier alpha value is -2.94. The standard InChI is InChI=1S/C25H34FN3O4S/c1-5-7-16-27-25(31)22(6-2)28(17-20-14-12-19(3)13-15-20)24(30)18-29(34(4,32)33)23-11-9-8-10-21(23)26/h8-15,22H,5-7,16-18H2,1-4H3,(H,27,31). The lowest BCUT2D eigenvalue weighted by Gasteiger charge is -2.33. The summed E-state index contributed by atoms with van der Waals surface area (Å²) in [5.74, 6) is -1.64. The first-order chi connectivity index (χ1) is 16.1. The van der Waals surface area contributed by atoms with Crippen LogP contribution in [0.2, 0.25) is 0 Å². The zero-order chi connectivity index (χ0) is 25.3. The zero-order valence-electron chi connectivity index (χ0n) is 20.3. The lowest BCUT2D eigenvalue weighted by Crippen LogP contribution is -2.52. The summed E-state index contributed by atoms with van der Waals surface area (Å²) in [4.78, 5) is 27.8. The maximum atomic E-state index is 14.4. The average molecular weight is 492 g/mol. The minimum atomic E-state index is -3.97. The second-order valence-corrected chi connectivity index (χ2v) is 10.2. The topological polar surface area (TPSA) is 86.8 Å². The first-order valence-electron chi connectivity index (χ1n) is 11.4. The number of unbranched alkanes of at least 4 members (excludes halogenated alkanes) is 1. The van der Waals surface area contributed by atoms with E-state index in [1.807, 2.05) is 38.1 Å². The van der Waals surface area contributed by atoms with Gasteiger partial charge in [-0.15, -0.1) is 0 Å². The van der Waals surface area contributed by atoms with Crippen molar-refractivity contribution < 1.29 is 22.4 Å². The number of anilines is 1. The highest BCUT2D eigenvalue weighted by Crippen LogP contribution is 2.22. The number of carbonyl (C=O) groups is 2. The number of nitrogens with zero attached hydrogens (tertiary/aromatic N) is 2. The fraction of sp³-hybridized carbons (Fsp3) is 0.440. The van der Waals surface area contributed by atoms with Gasteiger partial charge >= 0.3 is 0 Å². The molecule has 0 bridgehead atoms. The van der Waals surface area contributed by atoms with E-state index in [4.69, 9.17) is 0 Å². The Bertz CT molecular complexity index is 1070. The molecular weight excluding hydrogens is 457 g/mol. The molecule has 0 aliphatic heterocycles. The van der Waals surface area contributed by atoms with Crippen LogP contribution in [0.5, 0.6) is 0 Å². The third-order valence-corrected chi connectivity index (χ3v) is 6.62. The minimum Gasteiger partial charge on any atom is -0.354 e. The summed E-state index contributed by atoms with van der Waals surface area (Å²) in [6.45, 7) is 5.74. The molecule has 0 saturated heterocycles. The lowest BCUT2D eigenvalue weighted by molar-refractivity contribution is -0.140. The van der Waals surface area contributed by atoms with Gasteiger partial charge in [-0.25, -0.2) is 12.8 Å². The van der Waals surface area contributed by atoms with Gasteiger partial charge in [0.05, 0.1) is 11.9 Å². The molecule has 1 unspecified atom stereocenters. The molecule has 0 aliphatic rings. The summed E-state index contributed by atoms with van der Waals surface area (Å²) < 4.78 is 40.2. The van der Waals surface area contributed by atoms with Crippen LogP contribution >= 0.6 is 0 Å². The summed E-state index contributed by atoms with van der Waals surface area (Å²) in [6, 6.07) is 12.1. The first kappa shape index (κ1) is 27.3. The van der Waals surface area contributed by atoms with Crippen molar-refractivity contribution in [1.82, 2.24) is 10.2 Å². The van der Waals surface area contributed by atoms with E-state index in [9.17, 15) is 22.4 Å².